The van der Waals surface area contributed by atoms with Crippen molar-refractivity contribution in [3.8, 4) is 11.3 Å². The van der Waals surface area contributed by atoms with Gasteiger partial charge in [0.05, 0.1) is 12.1 Å². The summed E-state index contributed by atoms with van der Waals surface area (Å²) in [6.45, 7) is 0.424. The molecule has 0 bridgehead atoms. The van der Waals surface area contributed by atoms with E-state index in [1.54, 1.807) is 17.5 Å². The van der Waals surface area contributed by atoms with Crippen LogP contribution >= 0.6 is 11.3 Å². The highest BCUT2D eigenvalue weighted by Crippen LogP contribution is 2.23. The maximum Gasteiger partial charge on any atom is 0.226 e. The van der Waals surface area contributed by atoms with E-state index in [4.69, 9.17) is 4.52 Å². The van der Waals surface area contributed by atoms with Crippen LogP contribution in [-0.2, 0) is 17.8 Å². The van der Waals surface area contributed by atoms with Crippen molar-refractivity contribution in [3.05, 3.63) is 70.7 Å². The minimum Gasteiger partial charge on any atom is -0.356 e. The van der Waals surface area contributed by atoms with Crippen LogP contribution in [0.3, 0.4) is 0 Å². The molecular weight excluding hydrogens is 334 g/mol. The van der Waals surface area contributed by atoms with Gasteiger partial charge in [-0.15, -0.1) is 0 Å². The molecule has 4 rings (SSSR count). The van der Waals surface area contributed by atoms with Crippen molar-refractivity contribution in [3.63, 3.8) is 0 Å². The number of carbonyl (C=O) groups is 1. The number of para-hydroxylation sites is 1. The van der Waals surface area contributed by atoms with Gasteiger partial charge in [0.2, 0.25) is 5.91 Å². The van der Waals surface area contributed by atoms with Crippen LogP contribution in [0.5, 0.6) is 0 Å². The third-order valence-corrected chi connectivity index (χ3v) is 4.63. The Bertz CT molecular complexity index is 1010. The van der Waals surface area contributed by atoms with Crippen molar-refractivity contribution in [1.82, 2.24) is 15.5 Å². The molecule has 0 saturated carbocycles. The first kappa shape index (κ1) is 15.5. The fourth-order valence-electron chi connectivity index (χ4n) is 2.71. The third-order valence-electron chi connectivity index (χ3n) is 3.94. The van der Waals surface area contributed by atoms with E-state index in [-0.39, 0.29) is 12.3 Å². The monoisotopic (exact) mass is 349 g/mol. The molecule has 0 atom stereocenters. The summed E-state index contributed by atoms with van der Waals surface area (Å²) in [5.41, 5.74) is 4.29. The number of hydrogen-bond acceptors (Lipinski definition) is 5. The molecular formula is C19H15N3O2S. The summed E-state index contributed by atoms with van der Waals surface area (Å²) in [4.78, 5) is 16.8. The van der Waals surface area contributed by atoms with Crippen molar-refractivity contribution < 1.29 is 9.32 Å². The van der Waals surface area contributed by atoms with E-state index in [1.165, 1.54) is 0 Å². The molecule has 0 aliphatic rings. The molecule has 1 aromatic carbocycles. The molecule has 0 aliphatic carbocycles. The highest BCUT2D eigenvalue weighted by Gasteiger charge is 2.13. The van der Waals surface area contributed by atoms with Crippen LogP contribution in [0.2, 0.25) is 0 Å². The van der Waals surface area contributed by atoms with Gasteiger partial charge in [0.15, 0.2) is 5.58 Å². The molecule has 1 amide bonds. The fourth-order valence-corrected chi connectivity index (χ4v) is 3.35. The van der Waals surface area contributed by atoms with Gasteiger partial charge in [-0.2, -0.15) is 11.3 Å². The first-order valence-corrected chi connectivity index (χ1v) is 8.82. The van der Waals surface area contributed by atoms with Crippen LogP contribution in [0.1, 0.15) is 11.3 Å². The van der Waals surface area contributed by atoms with E-state index in [9.17, 15) is 4.79 Å². The Hall–Kier alpha value is -2.99. The maximum atomic E-state index is 12.3. The molecule has 0 fully saturated rings. The predicted molar refractivity (Wildman–Crippen MR) is 97.1 cm³/mol. The number of fused-ring (bicyclic) bond motifs is 1. The second-order valence-corrected chi connectivity index (χ2v) is 6.38. The second kappa shape index (κ2) is 6.86. The fraction of sp³-hybridized carbons (Fsp3) is 0.105. The predicted octanol–water partition coefficient (Wildman–Crippen LogP) is 3.81. The zero-order valence-electron chi connectivity index (χ0n) is 13.3. The van der Waals surface area contributed by atoms with E-state index in [2.05, 4.69) is 20.8 Å². The number of benzene rings is 1. The maximum absolute atomic E-state index is 12.3. The Balaban J connectivity index is 1.46. The van der Waals surface area contributed by atoms with Crippen molar-refractivity contribution >= 4 is 28.2 Å². The Kier molecular flexibility index (Phi) is 4.26. The van der Waals surface area contributed by atoms with Gasteiger partial charge >= 0.3 is 0 Å². The molecule has 124 valence electrons. The van der Waals surface area contributed by atoms with Crippen molar-refractivity contribution in [2.75, 3.05) is 0 Å². The van der Waals surface area contributed by atoms with Gasteiger partial charge in [0.1, 0.15) is 5.69 Å². The van der Waals surface area contributed by atoms with E-state index in [0.29, 0.717) is 17.8 Å². The number of pyridine rings is 1. The second-order valence-electron chi connectivity index (χ2n) is 5.60. The largest absolute Gasteiger partial charge is 0.356 e. The summed E-state index contributed by atoms with van der Waals surface area (Å²) in [5, 5.41) is 11.9. The number of nitrogens with zero attached hydrogens (tertiary/aromatic N) is 2. The zero-order valence-corrected chi connectivity index (χ0v) is 14.1. The molecule has 0 unspecified atom stereocenters. The Morgan fingerprint density at radius 1 is 1.16 bits per heavy atom. The molecule has 25 heavy (non-hydrogen) atoms. The minimum atomic E-state index is -0.0980. The lowest BCUT2D eigenvalue weighted by Crippen LogP contribution is -2.25. The third kappa shape index (κ3) is 3.29. The Morgan fingerprint density at radius 3 is 2.96 bits per heavy atom. The number of hydrogen-bond donors (Lipinski definition) is 1. The number of amides is 1. The summed E-state index contributed by atoms with van der Waals surface area (Å²) >= 11 is 1.63. The normalized spacial score (nSPS) is 10.9. The van der Waals surface area contributed by atoms with E-state index < -0.39 is 0 Å². The number of carbonyl (C=O) groups excluding carboxylic acids is 1. The van der Waals surface area contributed by atoms with Crippen molar-refractivity contribution in [2.45, 2.75) is 13.0 Å². The topological polar surface area (TPSA) is 68.0 Å². The smallest absolute Gasteiger partial charge is 0.226 e. The Labute approximate surface area is 148 Å². The molecule has 0 radical (unpaired) electrons. The molecule has 0 aliphatic heterocycles. The minimum absolute atomic E-state index is 0.0980. The summed E-state index contributed by atoms with van der Waals surface area (Å²) in [6.07, 6.45) is 1.95. The quantitative estimate of drug-likeness (QED) is 0.595. The lowest BCUT2D eigenvalue weighted by atomic mass is 10.1. The number of rotatable bonds is 5. The van der Waals surface area contributed by atoms with Gasteiger partial charge in [0, 0.05) is 29.1 Å². The van der Waals surface area contributed by atoms with Crippen LogP contribution in [-0.4, -0.2) is 16.0 Å². The van der Waals surface area contributed by atoms with Crippen LogP contribution in [0.15, 0.2) is 63.9 Å². The van der Waals surface area contributed by atoms with E-state index in [0.717, 1.165) is 22.2 Å². The molecule has 5 nitrogen and oxygen atoms in total. The summed E-state index contributed by atoms with van der Waals surface area (Å²) in [7, 11) is 0. The molecule has 0 spiro atoms. The van der Waals surface area contributed by atoms with Gasteiger partial charge in [-0.1, -0.05) is 23.4 Å². The zero-order chi connectivity index (χ0) is 17.1. The average molecular weight is 349 g/mol. The van der Waals surface area contributed by atoms with Crippen molar-refractivity contribution in [2.24, 2.45) is 0 Å². The summed E-state index contributed by atoms with van der Waals surface area (Å²) < 4.78 is 5.24. The first-order chi connectivity index (χ1) is 12.3. The lowest BCUT2D eigenvalue weighted by Gasteiger charge is -2.08. The van der Waals surface area contributed by atoms with Crippen LogP contribution in [0, 0.1) is 0 Å². The number of thiophene rings is 1. The van der Waals surface area contributed by atoms with Crippen LogP contribution < -0.4 is 5.32 Å². The van der Waals surface area contributed by atoms with Crippen LogP contribution in [0.4, 0.5) is 0 Å². The highest BCUT2D eigenvalue weighted by molar-refractivity contribution is 7.08. The molecule has 0 saturated heterocycles. The molecule has 3 heterocycles. The van der Waals surface area contributed by atoms with E-state index >= 15 is 0 Å². The van der Waals surface area contributed by atoms with Crippen LogP contribution in [0.25, 0.3) is 22.2 Å². The van der Waals surface area contributed by atoms with Crippen molar-refractivity contribution in [1.29, 1.82) is 0 Å². The Morgan fingerprint density at radius 2 is 2.08 bits per heavy atom. The number of aromatic nitrogens is 2. The van der Waals surface area contributed by atoms with Gasteiger partial charge in [-0.3, -0.25) is 9.78 Å². The standard InChI is InChI=1S/C19H15N3O2S/c23-18(10-16-15-5-1-2-6-17(15)24-22-16)21-11-13-4-3-8-20-19(13)14-7-9-25-12-14/h1-9,12H,10-11H2,(H,21,23). The summed E-state index contributed by atoms with van der Waals surface area (Å²) in [6, 6.07) is 13.4. The molecule has 4 aromatic rings. The summed E-state index contributed by atoms with van der Waals surface area (Å²) in [5.74, 6) is -0.0980. The van der Waals surface area contributed by atoms with E-state index in [1.807, 2.05) is 47.8 Å². The number of nitrogens with one attached hydrogen (secondary N) is 1. The van der Waals surface area contributed by atoms with Gasteiger partial charge in [-0.05, 0) is 35.2 Å². The highest BCUT2D eigenvalue weighted by atomic mass is 32.1. The first-order valence-electron chi connectivity index (χ1n) is 7.88. The lowest BCUT2D eigenvalue weighted by molar-refractivity contribution is -0.120. The molecule has 6 heteroatoms. The SMILES string of the molecule is O=C(Cc1noc2ccccc12)NCc1cccnc1-c1ccsc1. The van der Waals surface area contributed by atoms with Gasteiger partial charge in [-0.25, -0.2) is 0 Å². The van der Waals surface area contributed by atoms with Gasteiger partial charge < -0.3 is 9.84 Å². The average Bonchev–Trinajstić information content (AvgIpc) is 3.31. The van der Waals surface area contributed by atoms with Gasteiger partial charge in [0.25, 0.3) is 0 Å². The molecule has 3 aromatic heterocycles. The molecule has 1 N–H and O–H groups in total.